The number of hydrogen-bond acceptors (Lipinski definition) is 4. The molecule has 0 aliphatic carbocycles. The molecule has 27 heavy (non-hydrogen) atoms. The number of methoxy groups -OCH3 is 1. The van der Waals surface area contributed by atoms with Gasteiger partial charge in [-0.25, -0.2) is 0 Å². The first-order chi connectivity index (χ1) is 13.1. The van der Waals surface area contributed by atoms with Crippen LogP contribution in [0.5, 0.6) is 5.75 Å². The number of aliphatic imine (C=N–C) groups is 1. The van der Waals surface area contributed by atoms with E-state index in [9.17, 15) is 4.79 Å². The van der Waals surface area contributed by atoms with E-state index >= 15 is 0 Å². The smallest absolute Gasteiger partial charge is 0.182 e. The molecule has 0 bridgehead atoms. The number of nitrogens with zero attached hydrogens (tertiary/aromatic N) is 2. The highest BCUT2D eigenvalue weighted by Crippen LogP contribution is 2.24. The summed E-state index contributed by atoms with van der Waals surface area (Å²) >= 11 is 6.05. The van der Waals surface area contributed by atoms with Crippen molar-refractivity contribution in [3.05, 3.63) is 59.1 Å². The van der Waals surface area contributed by atoms with Crippen LogP contribution in [0.2, 0.25) is 5.02 Å². The van der Waals surface area contributed by atoms with Crippen LogP contribution in [0.25, 0.3) is 0 Å². The lowest BCUT2D eigenvalue weighted by Gasteiger charge is -2.26. The van der Waals surface area contributed by atoms with E-state index in [-0.39, 0.29) is 12.3 Å². The second kappa shape index (κ2) is 9.05. The molecule has 1 aliphatic rings. The largest absolute Gasteiger partial charge is 0.497 e. The minimum absolute atomic E-state index is 0.0487. The molecule has 0 radical (unpaired) electrons. The third-order valence-corrected chi connectivity index (χ3v) is 5.19. The van der Waals surface area contributed by atoms with Gasteiger partial charge >= 0.3 is 0 Å². The lowest BCUT2D eigenvalue weighted by Crippen LogP contribution is -2.36. The van der Waals surface area contributed by atoms with E-state index < -0.39 is 0 Å². The Morgan fingerprint density at radius 3 is 2.52 bits per heavy atom. The van der Waals surface area contributed by atoms with Crippen LogP contribution in [-0.4, -0.2) is 31.8 Å². The van der Waals surface area contributed by atoms with Crippen LogP contribution < -0.4 is 9.64 Å². The summed E-state index contributed by atoms with van der Waals surface area (Å²) in [4.78, 5) is 19.7. The molecule has 142 valence electrons. The first-order valence-electron chi connectivity index (χ1n) is 9.30. The molecule has 2 aromatic carbocycles. The van der Waals surface area contributed by atoms with Crippen molar-refractivity contribution in [3.63, 3.8) is 0 Å². The number of anilines is 1. The monoisotopic (exact) mass is 384 g/mol. The van der Waals surface area contributed by atoms with Crippen LogP contribution in [0.15, 0.2) is 53.5 Å². The molecule has 4 nitrogen and oxygen atoms in total. The SMILES string of the molecule is COc1ccc(C(=O)CN(C2=NCC[C@@H](C)CC2)c2ccc(Cl)cc2)cc1. The maximum Gasteiger partial charge on any atom is 0.182 e. The zero-order valence-corrected chi connectivity index (χ0v) is 16.6. The Hall–Kier alpha value is -2.33. The first-order valence-corrected chi connectivity index (χ1v) is 9.68. The molecule has 0 N–H and O–H groups in total. The molecular weight excluding hydrogens is 360 g/mol. The Bertz CT molecular complexity index is 800. The van der Waals surface area contributed by atoms with E-state index in [0.717, 1.165) is 43.1 Å². The summed E-state index contributed by atoms with van der Waals surface area (Å²) in [6, 6.07) is 14.8. The Morgan fingerprint density at radius 2 is 1.85 bits per heavy atom. The van der Waals surface area contributed by atoms with Gasteiger partial charge in [-0.15, -0.1) is 0 Å². The van der Waals surface area contributed by atoms with Crippen molar-refractivity contribution in [2.45, 2.75) is 26.2 Å². The van der Waals surface area contributed by atoms with Gasteiger partial charge in [-0.1, -0.05) is 18.5 Å². The lowest BCUT2D eigenvalue weighted by molar-refractivity contribution is 0.100. The number of ketones is 1. The van der Waals surface area contributed by atoms with Crippen molar-refractivity contribution in [3.8, 4) is 5.75 Å². The molecule has 2 aromatic rings. The molecule has 0 spiro atoms. The summed E-state index contributed by atoms with van der Waals surface area (Å²) in [5, 5.41) is 0.677. The molecule has 0 aromatic heterocycles. The minimum Gasteiger partial charge on any atom is -0.497 e. The van der Waals surface area contributed by atoms with Gasteiger partial charge in [0.15, 0.2) is 5.78 Å². The summed E-state index contributed by atoms with van der Waals surface area (Å²) in [5.41, 5.74) is 1.60. The van der Waals surface area contributed by atoms with Crippen molar-refractivity contribution >= 4 is 28.9 Å². The second-order valence-corrected chi connectivity index (χ2v) is 7.38. The zero-order valence-electron chi connectivity index (χ0n) is 15.8. The van der Waals surface area contributed by atoms with Crippen molar-refractivity contribution in [2.75, 3.05) is 25.1 Å². The van der Waals surface area contributed by atoms with Gasteiger partial charge in [0.1, 0.15) is 11.6 Å². The maximum absolute atomic E-state index is 12.9. The summed E-state index contributed by atoms with van der Waals surface area (Å²) in [5.74, 6) is 2.41. The molecule has 0 saturated carbocycles. The number of ether oxygens (including phenoxy) is 1. The molecular formula is C22H25ClN2O2. The Labute approximate surface area is 165 Å². The molecule has 0 unspecified atom stereocenters. The quantitative estimate of drug-likeness (QED) is 0.660. The van der Waals surface area contributed by atoms with Gasteiger partial charge in [0.2, 0.25) is 0 Å². The number of halogens is 1. The Kier molecular flexibility index (Phi) is 6.51. The van der Waals surface area contributed by atoms with E-state index in [0.29, 0.717) is 16.5 Å². The predicted octanol–water partition coefficient (Wildman–Crippen LogP) is 5.26. The van der Waals surface area contributed by atoms with Crippen LogP contribution in [0.1, 0.15) is 36.5 Å². The predicted molar refractivity (Wildman–Crippen MR) is 111 cm³/mol. The molecule has 3 rings (SSSR count). The van der Waals surface area contributed by atoms with Gasteiger partial charge in [0.25, 0.3) is 0 Å². The van der Waals surface area contributed by atoms with Crippen molar-refractivity contribution in [1.82, 2.24) is 0 Å². The maximum atomic E-state index is 12.9. The Balaban J connectivity index is 1.85. The average Bonchev–Trinajstić information content (AvgIpc) is 2.91. The van der Waals surface area contributed by atoms with Gasteiger partial charge < -0.3 is 9.64 Å². The molecule has 0 fully saturated rings. The fourth-order valence-corrected chi connectivity index (χ4v) is 3.32. The molecule has 5 heteroatoms. The van der Waals surface area contributed by atoms with Crippen molar-refractivity contribution in [1.29, 1.82) is 0 Å². The van der Waals surface area contributed by atoms with Gasteiger partial charge in [-0.2, -0.15) is 0 Å². The summed E-state index contributed by atoms with van der Waals surface area (Å²) in [6.07, 6.45) is 3.05. The third-order valence-electron chi connectivity index (χ3n) is 4.94. The molecule has 1 atom stereocenters. The van der Waals surface area contributed by atoms with Gasteiger partial charge in [-0.05, 0) is 67.3 Å². The number of amidine groups is 1. The Morgan fingerprint density at radius 1 is 1.15 bits per heavy atom. The summed E-state index contributed by atoms with van der Waals surface area (Å²) in [7, 11) is 1.62. The molecule has 0 amide bonds. The second-order valence-electron chi connectivity index (χ2n) is 6.94. The number of benzene rings is 2. The topological polar surface area (TPSA) is 41.9 Å². The minimum atomic E-state index is 0.0487. The number of rotatable bonds is 5. The zero-order chi connectivity index (χ0) is 19.2. The molecule has 0 saturated heterocycles. The van der Waals surface area contributed by atoms with Gasteiger partial charge in [0, 0.05) is 29.2 Å². The lowest BCUT2D eigenvalue weighted by atomic mass is 10.0. The van der Waals surface area contributed by atoms with Crippen LogP contribution in [0.4, 0.5) is 5.69 Å². The number of Topliss-reactive ketones (excluding diaryl/α,β-unsaturated/α-hetero) is 1. The normalized spacial score (nSPS) is 17.0. The van der Waals surface area contributed by atoms with E-state index in [1.54, 1.807) is 19.2 Å². The van der Waals surface area contributed by atoms with Crippen LogP contribution in [0.3, 0.4) is 0 Å². The van der Waals surface area contributed by atoms with E-state index in [2.05, 4.69) is 6.92 Å². The van der Waals surface area contributed by atoms with E-state index in [1.807, 2.05) is 41.3 Å². The third kappa shape index (κ3) is 5.10. The van der Waals surface area contributed by atoms with Crippen LogP contribution in [0, 0.1) is 5.92 Å². The fraction of sp³-hybridized carbons (Fsp3) is 0.364. The van der Waals surface area contributed by atoms with Crippen molar-refractivity contribution in [2.24, 2.45) is 10.9 Å². The number of carbonyl (C=O) groups excluding carboxylic acids is 1. The van der Waals surface area contributed by atoms with E-state index in [4.69, 9.17) is 21.3 Å². The van der Waals surface area contributed by atoms with E-state index in [1.165, 1.54) is 0 Å². The molecule has 1 heterocycles. The van der Waals surface area contributed by atoms with Crippen LogP contribution >= 0.6 is 11.6 Å². The summed E-state index contributed by atoms with van der Waals surface area (Å²) in [6.45, 7) is 3.31. The first kappa shape index (κ1) is 19.4. The average molecular weight is 385 g/mol. The van der Waals surface area contributed by atoms with Gasteiger partial charge in [0.05, 0.1) is 13.7 Å². The fourth-order valence-electron chi connectivity index (χ4n) is 3.20. The van der Waals surface area contributed by atoms with Gasteiger partial charge in [-0.3, -0.25) is 9.79 Å². The highest BCUT2D eigenvalue weighted by atomic mass is 35.5. The number of carbonyl (C=O) groups is 1. The van der Waals surface area contributed by atoms with Crippen LogP contribution in [-0.2, 0) is 0 Å². The standard InChI is InChI=1S/C22H25ClN2O2/c1-16-3-12-22(24-14-13-16)25(19-8-6-18(23)7-9-19)15-21(26)17-4-10-20(27-2)11-5-17/h4-11,16H,3,12-15H2,1-2H3/t16-/m0/s1. The van der Waals surface area contributed by atoms with Crippen molar-refractivity contribution < 1.29 is 9.53 Å². The number of hydrogen-bond donors (Lipinski definition) is 0. The highest BCUT2D eigenvalue weighted by Gasteiger charge is 2.21. The molecule has 1 aliphatic heterocycles. The highest BCUT2D eigenvalue weighted by molar-refractivity contribution is 6.30. The summed E-state index contributed by atoms with van der Waals surface area (Å²) < 4.78 is 5.18.